The molecular weight excluding hydrogens is 186 g/mol. The molecule has 0 aromatic carbocycles. The largest absolute Gasteiger partial charge is 0.316 e. The fourth-order valence-electron chi connectivity index (χ4n) is 2.39. The zero-order valence-electron chi connectivity index (χ0n) is 9.86. The average molecular weight is 207 g/mol. The number of nitrogens with one attached hydrogen (secondary N) is 1. The van der Waals surface area contributed by atoms with Crippen LogP contribution in [0.5, 0.6) is 0 Å². The average Bonchev–Trinajstić information content (AvgIpc) is 2.27. The third-order valence-electron chi connectivity index (χ3n) is 3.22. The Hall–Kier alpha value is -0.810. The van der Waals surface area contributed by atoms with Gasteiger partial charge in [-0.3, -0.25) is 4.79 Å². The Bertz CT molecular complexity index is 260. The van der Waals surface area contributed by atoms with Crippen LogP contribution in [-0.2, 0) is 4.79 Å². The fraction of sp³-hybridized carbons (Fsp3) is 0.769. The van der Waals surface area contributed by atoms with Crippen molar-refractivity contribution in [2.75, 3.05) is 13.1 Å². The lowest BCUT2D eigenvalue weighted by Gasteiger charge is -2.35. The molecule has 84 valence electrons. The molecule has 0 amide bonds. The molecular formula is C13H21NO. The van der Waals surface area contributed by atoms with Crippen LogP contribution in [0.2, 0.25) is 0 Å². The molecule has 1 unspecified atom stereocenters. The molecule has 1 aliphatic rings. The van der Waals surface area contributed by atoms with Gasteiger partial charge in [-0.2, -0.15) is 0 Å². The summed E-state index contributed by atoms with van der Waals surface area (Å²) in [5, 5.41) is 3.35. The van der Waals surface area contributed by atoms with Crippen LogP contribution < -0.4 is 5.32 Å². The third-order valence-corrected chi connectivity index (χ3v) is 3.22. The Morgan fingerprint density at radius 1 is 1.53 bits per heavy atom. The molecule has 1 aliphatic heterocycles. The first kappa shape index (κ1) is 12.3. The minimum Gasteiger partial charge on any atom is -0.316 e. The Balaban J connectivity index is 2.68. The molecule has 0 bridgehead atoms. The molecule has 1 heterocycles. The number of piperidine rings is 1. The van der Waals surface area contributed by atoms with E-state index < -0.39 is 0 Å². The van der Waals surface area contributed by atoms with E-state index in [2.05, 4.69) is 24.1 Å². The van der Waals surface area contributed by atoms with E-state index in [-0.39, 0.29) is 5.41 Å². The molecule has 1 atom stereocenters. The monoisotopic (exact) mass is 207 g/mol. The predicted molar refractivity (Wildman–Crippen MR) is 62.5 cm³/mol. The summed E-state index contributed by atoms with van der Waals surface area (Å²) in [4.78, 5) is 12.1. The summed E-state index contributed by atoms with van der Waals surface area (Å²) in [5.41, 5.74) is -0.114. The Morgan fingerprint density at radius 2 is 2.33 bits per heavy atom. The number of carbonyl (C=O) groups excluding carboxylic acids is 1. The zero-order valence-corrected chi connectivity index (χ0v) is 9.86. The number of hydrogen-bond acceptors (Lipinski definition) is 2. The molecule has 0 saturated carbocycles. The van der Waals surface area contributed by atoms with Gasteiger partial charge in [-0.15, -0.1) is 5.92 Å². The van der Waals surface area contributed by atoms with Crippen molar-refractivity contribution in [3.63, 3.8) is 0 Å². The highest BCUT2D eigenvalue weighted by Gasteiger charge is 2.37. The van der Waals surface area contributed by atoms with E-state index in [1.165, 1.54) is 0 Å². The quantitative estimate of drug-likeness (QED) is 0.716. The molecule has 15 heavy (non-hydrogen) atoms. The van der Waals surface area contributed by atoms with Crippen molar-refractivity contribution in [2.45, 2.75) is 46.0 Å². The van der Waals surface area contributed by atoms with Gasteiger partial charge in [0.05, 0.1) is 6.42 Å². The van der Waals surface area contributed by atoms with Crippen molar-refractivity contribution in [3.8, 4) is 11.8 Å². The highest BCUT2D eigenvalue weighted by atomic mass is 16.1. The van der Waals surface area contributed by atoms with E-state index in [1.807, 2.05) is 0 Å². The van der Waals surface area contributed by atoms with Gasteiger partial charge >= 0.3 is 0 Å². The maximum Gasteiger partial charge on any atom is 0.152 e. The van der Waals surface area contributed by atoms with E-state index in [0.717, 1.165) is 38.8 Å². The second-order valence-electron chi connectivity index (χ2n) is 4.34. The van der Waals surface area contributed by atoms with E-state index >= 15 is 0 Å². The standard InChI is InChI=1S/C13H21NO/c1-3-5-7-12(15)13(8-4-2)9-6-10-14-11-13/h14H,4,6-11H2,1-2H3. The number of Topliss-reactive ketones (excluding diaryl/α,β-unsaturated/α-hetero) is 1. The van der Waals surface area contributed by atoms with Gasteiger partial charge < -0.3 is 5.32 Å². The topological polar surface area (TPSA) is 29.1 Å². The molecule has 0 aliphatic carbocycles. The first-order chi connectivity index (χ1) is 7.25. The molecule has 1 N–H and O–H groups in total. The molecule has 1 saturated heterocycles. The molecule has 2 nitrogen and oxygen atoms in total. The Morgan fingerprint density at radius 3 is 2.87 bits per heavy atom. The minimum absolute atomic E-state index is 0.114. The fourth-order valence-corrected chi connectivity index (χ4v) is 2.39. The van der Waals surface area contributed by atoms with Crippen LogP contribution in [0.25, 0.3) is 0 Å². The number of ketones is 1. The third kappa shape index (κ3) is 3.07. The van der Waals surface area contributed by atoms with Crippen LogP contribution in [0.4, 0.5) is 0 Å². The summed E-state index contributed by atoms with van der Waals surface area (Å²) < 4.78 is 0. The van der Waals surface area contributed by atoms with Crippen molar-refractivity contribution in [1.29, 1.82) is 0 Å². The molecule has 0 aromatic rings. The lowest BCUT2D eigenvalue weighted by molar-refractivity contribution is -0.129. The van der Waals surface area contributed by atoms with Crippen LogP contribution >= 0.6 is 0 Å². The molecule has 2 heteroatoms. The van der Waals surface area contributed by atoms with E-state index in [0.29, 0.717) is 12.2 Å². The summed E-state index contributed by atoms with van der Waals surface area (Å²) in [7, 11) is 0. The van der Waals surface area contributed by atoms with Gasteiger partial charge in [-0.05, 0) is 32.7 Å². The van der Waals surface area contributed by atoms with Gasteiger partial charge in [0.1, 0.15) is 0 Å². The SMILES string of the molecule is CC#CCC(=O)C1(CCC)CCCNC1. The Kier molecular flexibility index (Phi) is 4.84. The number of rotatable bonds is 4. The highest BCUT2D eigenvalue weighted by Crippen LogP contribution is 2.33. The van der Waals surface area contributed by atoms with Gasteiger partial charge in [-0.1, -0.05) is 19.3 Å². The minimum atomic E-state index is -0.114. The van der Waals surface area contributed by atoms with E-state index in [4.69, 9.17) is 0 Å². The Labute approximate surface area is 92.8 Å². The van der Waals surface area contributed by atoms with E-state index in [1.54, 1.807) is 6.92 Å². The van der Waals surface area contributed by atoms with Crippen molar-refractivity contribution in [1.82, 2.24) is 5.32 Å². The molecule has 0 aromatic heterocycles. The predicted octanol–water partition coefficient (Wildman–Crippen LogP) is 2.14. The van der Waals surface area contributed by atoms with Gasteiger partial charge in [0.15, 0.2) is 5.78 Å². The zero-order chi connectivity index (χ0) is 11.1. The summed E-state index contributed by atoms with van der Waals surface area (Å²) in [5.74, 6) is 6.05. The highest BCUT2D eigenvalue weighted by molar-refractivity contribution is 5.87. The van der Waals surface area contributed by atoms with E-state index in [9.17, 15) is 4.79 Å². The van der Waals surface area contributed by atoms with Crippen LogP contribution in [0.1, 0.15) is 46.0 Å². The molecule has 1 fully saturated rings. The molecule has 0 spiro atoms. The second kappa shape index (κ2) is 5.92. The smallest absolute Gasteiger partial charge is 0.152 e. The number of carbonyl (C=O) groups is 1. The normalized spacial score (nSPS) is 25.5. The van der Waals surface area contributed by atoms with Gasteiger partial charge in [0.2, 0.25) is 0 Å². The van der Waals surface area contributed by atoms with Crippen LogP contribution in [0, 0.1) is 17.3 Å². The van der Waals surface area contributed by atoms with Crippen molar-refractivity contribution >= 4 is 5.78 Å². The number of hydrogen-bond donors (Lipinski definition) is 1. The van der Waals surface area contributed by atoms with Crippen LogP contribution in [0.3, 0.4) is 0 Å². The lowest BCUT2D eigenvalue weighted by atomic mass is 9.73. The summed E-state index contributed by atoms with van der Waals surface area (Å²) in [6.07, 6.45) is 4.67. The van der Waals surface area contributed by atoms with Gasteiger partial charge in [0.25, 0.3) is 0 Å². The maximum atomic E-state index is 12.1. The lowest BCUT2D eigenvalue weighted by Crippen LogP contribution is -2.45. The first-order valence-corrected chi connectivity index (χ1v) is 5.89. The molecule has 1 rings (SSSR count). The molecule has 0 radical (unpaired) electrons. The van der Waals surface area contributed by atoms with Gasteiger partial charge in [0, 0.05) is 12.0 Å². The second-order valence-corrected chi connectivity index (χ2v) is 4.34. The van der Waals surface area contributed by atoms with Crippen molar-refractivity contribution in [2.24, 2.45) is 5.41 Å². The van der Waals surface area contributed by atoms with Crippen molar-refractivity contribution < 1.29 is 4.79 Å². The van der Waals surface area contributed by atoms with Crippen LogP contribution in [0.15, 0.2) is 0 Å². The first-order valence-electron chi connectivity index (χ1n) is 5.89. The van der Waals surface area contributed by atoms with Crippen molar-refractivity contribution in [3.05, 3.63) is 0 Å². The summed E-state index contributed by atoms with van der Waals surface area (Å²) in [6.45, 7) is 5.84. The maximum absolute atomic E-state index is 12.1. The van der Waals surface area contributed by atoms with Gasteiger partial charge in [-0.25, -0.2) is 0 Å². The summed E-state index contributed by atoms with van der Waals surface area (Å²) >= 11 is 0. The van der Waals surface area contributed by atoms with Crippen LogP contribution in [-0.4, -0.2) is 18.9 Å². The summed E-state index contributed by atoms with van der Waals surface area (Å²) in [6, 6.07) is 0.